The van der Waals surface area contributed by atoms with Crippen LogP contribution in [0.15, 0.2) is 174 Å². The Labute approximate surface area is 294 Å². The van der Waals surface area contributed by atoms with E-state index in [1.807, 2.05) is 84.9 Å². The lowest BCUT2D eigenvalue weighted by molar-refractivity contribution is 0.670. The van der Waals surface area contributed by atoms with Crippen molar-refractivity contribution in [2.45, 2.75) is 0 Å². The van der Waals surface area contributed by atoms with Gasteiger partial charge in [-0.2, -0.15) is 0 Å². The summed E-state index contributed by atoms with van der Waals surface area (Å²) in [4.78, 5) is 15.4. The maximum Gasteiger partial charge on any atom is 0.166 e. The van der Waals surface area contributed by atoms with Crippen LogP contribution in [-0.2, 0) is 0 Å². The number of aromatic nitrogens is 4. The normalized spacial score (nSPS) is 13.0. The minimum Gasteiger partial charge on any atom is -0.455 e. The van der Waals surface area contributed by atoms with Crippen LogP contribution in [0, 0.1) is 0 Å². The van der Waals surface area contributed by atoms with Crippen molar-refractivity contribution in [3.05, 3.63) is 170 Å². The van der Waals surface area contributed by atoms with Crippen LogP contribution in [-0.4, -0.2) is 19.5 Å². The highest BCUT2D eigenvalue weighted by atomic mass is 16.3. The van der Waals surface area contributed by atoms with Crippen molar-refractivity contribution in [1.82, 2.24) is 19.5 Å². The number of hydrogen-bond donors (Lipinski definition) is 0. The van der Waals surface area contributed by atoms with E-state index in [9.17, 15) is 0 Å². The molecule has 234 valence electrons. The van der Waals surface area contributed by atoms with Crippen LogP contribution in [0.1, 0.15) is 6.85 Å². The molecule has 0 N–H and O–H groups in total. The number of benzene rings is 7. The maximum absolute atomic E-state index is 8.69. The van der Waals surface area contributed by atoms with Crippen molar-refractivity contribution in [2.24, 2.45) is 0 Å². The largest absolute Gasteiger partial charge is 0.455 e. The summed E-state index contributed by atoms with van der Waals surface area (Å²) in [5.74, 6) is 1.43. The molecule has 10 aromatic rings. The van der Waals surface area contributed by atoms with E-state index in [0.29, 0.717) is 45.2 Å². The fraction of sp³-hybridized carbons (Fsp3) is 0. The van der Waals surface area contributed by atoms with Gasteiger partial charge in [-0.05, 0) is 35.9 Å². The number of nitrogens with zero attached hydrogens (tertiary/aromatic N) is 4. The Balaban J connectivity index is 1.24. The molecule has 0 saturated carbocycles. The SMILES string of the molecule is [2H]c1c([2H])c([2H])c(-c2cccc3c2oc2cccc(-c4nc(-c5ccccc5)nc(-c5ccccc5-n5c6ccccc6c6ccccc65)n4)c23)c([2H])c1[2H]. The molecule has 50 heavy (non-hydrogen) atoms. The van der Waals surface area contributed by atoms with E-state index < -0.39 is 18.1 Å². The number of fused-ring (bicyclic) bond motifs is 6. The summed E-state index contributed by atoms with van der Waals surface area (Å²) in [6.45, 7) is 0. The van der Waals surface area contributed by atoms with Gasteiger partial charge >= 0.3 is 0 Å². The third-order valence-electron chi connectivity index (χ3n) is 9.17. The van der Waals surface area contributed by atoms with Crippen LogP contribution in [0.2, 0.25) is 0 Å². The average molecular weight is 646 g/mol. The molecule has 10 rings (SSSR count). The number of hydrogen-bond acceptors (Lipinski definition) is 4. The standard InChI is InChI=1S/C45H28N4O/c1-3-15-29(16-4-1)31-22-13-23-35-41-36(24-14-28-40(41)50-42(31)35)45-47-43(30-17-5-2-6-18-30)46-44(48-45)34-21-9-12-27-39(34)49-37-25-10-7-19-32(37)33-20-8-11-26-38(33)49/h1-28H/i1D,3D,4D,15D,16D. The van der Waals surface area contributed by atoms with Gasteiger partial charge in [-0.1, -0.05) is 139 Å². The lowest BCUT2D eigenvalue weighted by Crippen LogP contribution is -2.03. The van der Waals surface area contributed by atoms with Crippen molar-refractivity contribution in [3.8, 4) is 51.0 Å². The van der Waals surface area contributed by atoms with E-state index in [4.69, 9.17) is 26.2 Å². The van der Waals surface area contributed by atoms with Crippen LogP contribution in [0.3, 0.4) is 0 Å². The average Bonchev–Trinajstić information content (AvgIpc) is 3.79. The van der Waals surface area contributed by atoms with Gasteiger partial charge in [-0.3, -0.25) is 0 Å². The molecule has 0 bridgehead atoms. The molecular formula is C45H28N4O. The van der Waals surface area contributed by atoms with E-state index in [2.05, 4.69) is 47.0 Å². The Morgan fingerprint density at radius 3 is 1.82 bits per heavy atom. The van der Waals surface area contributed by atoms with Crippen LogP contribution in [0.4, 0.5) is 0 Å². The molecular weight excluding hydrogens is 613 g/mol. The predicted octanol–water partition coefficient (Wildman–Crippen LogP) is 11.5. The second kappa shape index (κ2) is 11.4. The summed E-state index contributed by atoms with van der Waals surface area (Å²) >= 11 is 0. The van der Waals surface area contributed by atoms with E-state index in [-0.39, 0.29) is 17.6 Å². The molecule has 0 aliphatic rings. The first-order valence-corrected chi connectivity index (χ1v) is 16.3. The van der Waals surface area contributed by atoms with Crippen LogP contribution in [0.5, 0.6) is 0 Å². The maximum atomic E-state index is 8.69. The van der Waals surface area contributed by atoms with Gasteiger partial charge in [0.25, 0.3) is 0 Å². The summed E-state index contributed by atoms with van der Waals surface area (Å²) < 4.78 is 50.9. The zero-order chi connectivity index (χ0) is 37.4. The van der Waals surface area contributed by atoms with Crippen molar-refractivity contribution in [1.29, 1.82) is 0 Å². The number of rotatable bonds is 5. The monoisotopic (exact) mass is 645 g/mol. The van der Waals surface area contributed by atoms with Gasteiger partial charge in [0.2, 0.25) is 0 Å². The predicted molar refractivity (Wildman–Crippen MR) is 203 cm³/mol. The molecule has 5 nitrogen and oxygen atoms in total. The van der Waals surface area contributed by atoms with Gasteiger partial charge in [-0.25, -0.2) is 15.0 Å². The van der Waals surface area contributed by atoms with E-state index in [1.165, 1.54) is 0 Å². The zero-order valence-electron chi connectivity index (χ0n) is 31.5. The minimum absolute atomic E-state index is 0.0766. The Morgan fingerprint density at radius 2 is 1.04 bits per heavy atom. The van der Waals surface area contributed by atoms with Crippen molar-refractivity contribution < 1.29 is 11.3 Å². The van der Waals surface area contributed by atoms with Crippen LogP contribution >= 0.6 is 0 Å². The van der Waals surface area contributed by atoms with E-state index in [0.717, 1.165) is 44.0 Å². The van der Waals surface area contributed by atoms with Crippen molar-refractivity contribution >= 4 is 43.7 Å². The fourth-order valence-corrected chi connectivity index (χ4v) is 6.99. The van der Waals surface area contributed by atoms with Crippen LogP contribution in [0.25, 0.3) is 94.7 Å². The minimum atomic E-state index is -0.447. The molecule has 0 aliphatic heterocycles. The molecule has 0 radical (unpaired) electrons. The molecule has 0 aliphatic carbocycles. The highest BCUT2D eigenvalue weighted by molar-refractivity contribution is 6.15. The Kier molecular flexibility index (Phi) is 5.35. The lowest BCUT2D eigenvalue weighted by Gasteiger charge is -2.14. The van der Waals surface area contributed by atoms with Gasteiger partial charge in [-0.15, -0.1) is 0 Å². The first-order valence-electron chi connectivity index (χ1n) is 18.8. The van der Waals surface area contributed by atoms with Crippen LogP contribution < -0.4 is 0 Å². The number of furan rings is 1. The molecule has 3 heterocycles. The highest BCUT2D eigenvalue weighted by Gasteiger charge is 2.21. The smallest absolute Gasteiger partial charge is 0.166 e. The summed E-state index contributed by atoms with van der Waals surface area (Å²) in [5, 5.41) is 3.73. The van der Waals surface area contributed by atoms with E-state index in [1.54, 1.807) is 12.1 Å². The number of para-hydroxylation sites is 4. The van der Waals surface area contributed by atoms with Gasteiger partial charge < -0.3 is 8.98 Å². The first-order chi connectivity index (χ1) is 26.9. The molecule has 7 aromatic carbocycles. The molecule has 0 atom stereocenters. The zero-order valence-corrected chi connectivity index (χ0v) is 26.5. The third kappa shape index (κ3) is 4.45. The molecule has 3 aromatic heterocycles. The second-order valence-electron chi connectivity index (χ2n) is 12.0. The Morgan fingerprint density at radius 1 is 0.460 bits per heavy atom. The molecule has 0 saturated heterocycles. The summed E-state index contributed by atoms with van der Waals surface area (Å²) in [7, 11) is 0. The quantitative estimate of drug-likeness (QED) is 0.187. The van der Waals surface area contributed by atoms with Gasteiger partial charge in [0.05, 0.1) is 23.6 Å². The first kappa shape index (κ1) is 23.5. The van der Waals surface area contributed by atoms with Crippen molar-refractivity contribution in [2.75, 3.05) is 0 Å². The third-order valence-corrected chi connectivity index (χ3v) is 9.17. The summed E-state index contributed by atoms with van der Waals surface area (Å²) in [6, 6.07) is 44.0. The molecule has 0 fully saturated rings. The van der Waals surface area contributed by atoms with Gasteiger partial charge in [0.1, 0.15) is 11.2 Å². The second-order valence-corrected chi connectivity index (χ2v) is 12.0. The highest BCUT2D eigenvalue weighted by Crippen LogP contribution is 2.41. The van der Waals surface area contributed by atoms with Gasteiger partial charge in [0.15, 0.2) is 17.5 Å². The van der Waals surface area contributed by atoms with E-state index >= 15 is 0 Å². The fourth-order valence-electron chi connectivity index (χ4n) is 6.99. The Hall–Kier alpha value is -6.85. The Bertz CT molecular complexity index is 3090. The molecule has 0 amide bonds. The lowest BCUT2D eigenvalue weighted by atomic mass is 10.0. The van der Waals surface area contributed by atoms with Gasteiger partial charge in [0, 0.05) is 43.8 Å². The molecule has 0 spiro atoms. The van der Waals surface area contributed by atoms with Crippen molar-refractivity contribution in [3.63, 3.8) is 0 Å². The summed E-state index contributed by atoms with van der Waals surface area (Å²) in [5.41, 5.74) is 6.83. The molecule has 0 unspecified atom stereocenters. The topological polar surface area (TPSA) is 56.7 Å². The molecule has 5 heteroatoms. The summed E-state index contributed by atoms with van der Waals surface area (Å²) in [6.07, 6.45) is 0.